The van der Waals surface area contributed by atoms with E-state index in [-0.39, 0.29) is 17.2 Å². The Morgan fingerprint density at radius 3 is 2.96 bits per heavy atom. The average Bonchev–Trinajstić information content (AvgIpc) is 3.21. The quantitative estimate of drug-likeness (QED) is 0.815. The van der Waals surface area contributed by atoms with E-state index in [0.717, 1.165) is 36.9 Å². The number of nitrogens with zero attached hydrogens (tertiary/aromatic N) is 3. The van der Waals surface area contributed by atoms with E-state index in [2.05, 4.69) is 15.5 Å². The van der Waals surface area contributed by atoms with Crippen molar-refractivity contribution in [3.8, 4) is 0 Å². The van der Waals surface area contributed by atoms with Crippen molar-refractivity contribution in [2.75, 3.05) is 13.2 Å². The van der Waals surface area contributed by atoms with Crippen LogP contribution in [0.5, 0.6) is 0 Å². The van der Waals surface area contributed by atoms with Crippen molar-refractivity contribution >= 4 is 23.3 Å². The molecule has 10 heteroatoms. The third-order valence-corrected chi connectivity index (χ3v) is 4.93. The van der Waals surface area contributed by atoms with E-state index in [4.69, 9.17) is 4.74 Å². The summed E-state index contributed by atoms with van der Waals surface area (Å²) in [5, 5.41) is 10.2. The number of pyridine rings is 1. The second-order valence-electron chi connectivity index (χ2n) is 5.77. The fourth-order valence-electron chi connectivity index (χ4n) is 2.49. The van der Waals surface area contributed by atoms with E-state index in [1.165, 1.54) is 10.5 Å². The Kier molecular flexibility index (Phi) is 5.19. The molecule has 1 amide bonds. The van der Waals surface area contributed by atoms with Crippen LogP contribution in [0, 0.1) is 0 Å². The van der Waals surface area contributed by atoms with Gasteiger partial charge in [-0.1, -0.05) is 11.8 Å². The monoisotopic (exact) mass is 374 g/mol. The summed E-state index contributed by atoms with van der Waals surface area (Å²) in [4.78, 5) is 12.2. The lowest BCUT2D eigenvalue weighted by molar-refractivity contribution is -0.137. The van der Waals surface area contributed by atoms with Gasteiger partial charge in [-0.05, 0) is 31.9 Å². The van der Waals surface area contributed by atoms with Crippen LogP contribution in [0.1, 0.15) is 25.3 Å². The van der Waals surface area contributed by atoms with E-state index >= 15 is 0 Å². The molecule has 1 fully saturated rings. The Labute approximate surface area is 146 Å². The Bertz CT molecular complexity index is 759. The summed E-state index contributed by atoms with van der Waals surface area (Å²) in [6.07, 6.45) is -1.58. The zero-order valence-corrected chi connectivity index (χ0v) is 14.2. The lowest BCUT2D eigenvalue weighted by atomic mass is 10.2. The lowest BCUT2D eigenvalue weighted by Crippen LogP contribution is -2.36. The number of thioether (sulfide) groups is 1. The third-order valence-electron chi connectivity index (χ3n) is 3.88. The van der Waals surface area contributed by atoms with E-state index in [1.54, 1.807) is 6.92 Å². The molecular weight excluding hydrogens is 357 g/mol. The van der Waals surface area contributed by atoms with Crippen molar-refractivity contribution in [1.82, 2.24) is 19.9 Å². The first-order valence-electron chi connectivity index (χ1n) is 7.82. The number of aromatic nitrogens is 3. The third kappa shape index (κ3) is 4.24. The minimum absolute atomic E-state index is 0.0319. The molecule has 1 aliphatic heterocycles. The van der Waals surface area contributed by atoms with Crippen molar-refractivity contribution in [2.24, 2.45) is 0 Å². The molecule has 25 heavy (non-hydrogen) atoms. The smallest absolute Gasteiger partial charge is 0.376 e. The predicted octanol–water partition coefficient (Wildman–Crippen LogP) is 2.52. The summed E-state index contributed by atoms with van der Waals surface area (Å²) >= 11 is 1.06. The van der Waals surface area contributed by atoms with Crippen LogP contribution in [0.15, 0.2) is 23.5 Å². The zero-order chi connectivity index (χ0) is 18.0. The van der Waals surface area contributed by atoms with Gasteiger partial charge in [0.2, 0.25) is 5.91 Å². The first-order chi connectivity index (χ1) is 11.8. The van der Waals surface area contributed by atoms with E-state index in [1.807, 2.05) is 0 Å². The van der Waals surface area contributed by atoms with E-state index < -0.39 is 17.0 Å². The van der Waals surface area contributed by atoms with Gasteiger partial charge in [-0.25, -0.2) is 0 Å². The molecule has 2 aromatic rings. The molecule has 0 aromatic carbocycles. The van der Waals surface area contributed by atoms with E-state index in [9.17, 15) is 18.0 Å². The Hall–Kier alpha value is -1.81. The maximum absolute atomic E-state index is 12.9. The second kappa shape index (κ2) is 7.20. The number of fused-ring (bicyclic) bond motifs is 1. The van der Waals surface area contributed by atoms with Crippen molar-refractivity contribution in [2.45, 2.75) is 42.5 Å². The van der Waals surface area contributed by atoms with Crippen molar-refractivity contribution in [3.63, 3.8) is 0 Å². The summed E-state index contributed by atoms with van der Waals surface area (Å²) < 4.78 is 45.3. The minimum Gasteiger partial charge on any atom is -0.376 e. The lowest BCUT2D eigenvalue weighted by Gasteiger charge is -2.14. The molecule has 2 aromatic heterocycles. The van der Waals surface area contributed by atoms with Crippen LogP contribution in [0.25, 0.3) is 5.65 Å². The number of rotatable bonds is 5. The molecule has 2 atom stereocenters. The van der Waals surface area contributed by atoms with Crippen LogP contribution in [0.4, 0.5) is 13.2 Å². The molecule has 3 rings (SSSR count). The number of ether oxygens (including phenoxy) is 1. The normalized spacial score (nSPS) is 19.3. The van der Waals surface area contributed by atoms with Gasteiger partial charge < -0.3 is 10.1 Å². The molecule has 1 saturated heterocycles. The topological polar surface area (TPSA) is 68.5 Å². The molecule has 0 saturated carbocycles. The molecule has 136 valence electrons. The van der Waals surface area contributed by atoms with Gasteiger partial charge in [0.1, 0.15) is 0 Å². The number of carbonyl (C=O) groups is 1. The van der Waals surface area contributed by atoms with Crippen LogP contribution in [0.3, 0.4) is 0 Å². The van der Waals surface area contributed by atoms with Gasteiger partial charge in [0.05, 0.1) is 16.9 Å². The molecule has 3 heterocycles. The Morgan fingerprint density at radius 1 is 1.48 bits per heavy atom. The fraction of sp³-hybridized carbons (Fsp3) is 0.533. The highest BCUT2D eigenvalue weighted by molar-refractivity contribution is 8.00. The summed E-state index contributed by atoms with van der Waals surface area (Å²) in [6, 6.07) is 2.21. The molecule has 0 aliphatic carbocycles. The molecule has 0 radical (unpaired) electrons. The van der Waals surface area contributed by atoms with Gasteiger partial charge in [-0.2, -0.15) is 13.2 Å². The standard InChI is InChI=1S/C15H17F3N4O2S/c1-9(13(23)19-7-11-3-2-6-24-11)25-14-21-20-12-5-4-10(8-22(12)14)15(16,17)18/h4-5,8-9,11H,2-3,6-7H2,1H3,(H,19,23)/t9-,11-/m0/s1. The summed E-state index contributed by atoms with van der Waals surface area (Å²) in [6.45, 7) is 2.81. The Morgan fingerprint density at radius 2 is 2.28 bits per heavy atom. The maximum Gasteiger partial charge on any atom is 0.417 e. The summed E-state index contributed by atoms with van der Waals surface area (Å²) in [5.74, 6) is -0.218. The van der Waals surface area contributed by atoms with Crippen molar-refractivity contribution in [3.05, 3.63) is 23.9 Å². The minimum atomic E-state index is -4.45. The molecule has 0 unspecified atom stereocenters. The highest BCUT2D eigenvalue weighted by Crippen LogP contribution is 2.30. The molecule has 6 nitrogen and oxygen atoms in total. The van der Waals surface area contributed by atoms with Gasteiger partial charge in [-0.15, -0.1) is 10.2 Å². The van der Waals surface area contributed by atoms with E-state index in [0.29, 0.717) is 18.8 Å². The highest BCUT2D eigenvalue weighted by Gasteiger charge is 2.31. The van der Waals surface area contributed by atoms with Crippen molar-refractivity contribution < 1.29 is 22.7 Å². The number of halogens is 3. The van der Waals surface area contributed by atoms with Crippen LogP contribution in [0.2, 0.25) is 0 Å². The molecule has 1 N–H and O–H groups in total. The van der Waals surface area contributed by atoms with Gasteiger partial charge in [0.25, 0.3) is 0 Å². The fourth-order valence-corrected chi connectivity index (χ4v) is 3.35. The van der Waals surface area contributed by atoms with Crippen LogP contribution < -0.4 is 5.32 Å². The van der Waals surface area contributed by atoms with Crippen LogP contribution >= 0.6 is 11.8 Å². The molecule has 1 aliphatic rings. The summed E-state index contributed by atoms with van der Waals surface area (Å²) in [7, 11) is 0. The predicted molar refractivity (Wildman–Crippen MR) is 85.3 cm³/mol. The van der Waals surface area contributed by atoms with Crippen LogP contribution in [-0.4, -0.2) is 45.0 Å². The summed E-state index contributed by atoms with van der Waals surface area (Å²) in [5.41, 5.74) is -0.500. The number of hydrogen-bond acceptors (Lipinski definition) is 5. The van der Waals surface area contributed by atoms with Gasteiger partial charge in [0.15, 0.2) is 10.8 Å². The van der Waals surface area contributed by atoms with Gasteiger partial charge >= 0.3 is 6.18 Å². The van der Waals surface area contributed by atoms with Gasteiger partial charge in [-0.3, -0.25) is 9.20 Å². The highest BCUT2D eigenvalue weighted by atomic mass is 32.2. The average molecular weight is 374 g/mol. The first-order valence-corrected chi connectivity index (χ1v) is 8.70. The second-order valence-corrected chi connectivity index (χ2v) is 7.07. The molecule has 0 bridgehead atoms. The number of hydrogen-bond donors (Lipinski definition) is 1. The van der Waals surface area contributed by atoms with Crippen LogP contribution in [-0.2, 0) is 15.7 Å². The zero-order valence-electron chi connectivity index (χ0n) is 13.4. The number of amides is 1. The SMILES string of the molecule is C[C@H](Sc1nnc2ccc(C(F)(F)F)cn12)C(=O)NC[C@@H]1CCCO1. The van der Waals surface area contributed by atoms with Gasteiger partial charge in [0, 0.05) is 19.3 Å². The largest absolute Gasteiger partial charge is 0.417 e. The number of alkyl halides is 3. The Balaban J connectivity index is 1.67. The number of nitrogens with one attached hydrogen (secondary N) is 1. The molecular formula is C15H17F3N4O2S. The number of carbonyl (C=O) groups excluding carboxylic acids is 1. The maximum atomic E-state index is 12.9. The van der Waals surface area contributed by atoms with Crippen molar-refractivity contribution in [1.29, 1.82) is 0 Å². The first kappa shape index (κ1) is 18.0. The molecule has 0 spiro atoms.